The molecule has 2 rings (SSSR count). The monoisotopic (exact) mass is 291 g/mol. The van der Waals surface area contributed by atoms with E-state index < -0.39 is 5.97 Å². The Labute approximate surface area is 126 Å². The van der Waals surface area contributed by atoms with E-state index in [4.69, 9.17) is 5.11 Å². The molecule has 1 heterocycles. The number of likely N-dealkylation sites (N-methyl/N-ethyl adjacent to an activating group) is 1. The molecule has 1 aliphatic rings. The molecule has 5 heteroatoms. The van der Waals surface area contributed by atoms with Crippen molar-refractivity contribution in [1.82, 2.24) is 9.80 Å². The number of piperazine rings is 1. The molecule has 1 aromatic rings. The van der Waals surface area contributed by atoms with Crippen molar-refractivity contribution >= 4 is 11.7 Å². The molecule has 0 saturated carbocycles. The van der Waals surface area contributed by atoms with Gasteiger partial charge in [-0.05, 0) is 26.1 Å². The number of benzene rings is 1. The summed E-state index contributed by atoms with van der Waals surface area (Å²) in [6.07, 6.45) is 0. The summed E-state index contributed by atoms with van der Waals surface area (Å²) in [5.74, 6) is -0.783. The van der Waals surface area contributed by atoms with Crippen molar-refractivity contribution in [3.8, 4) is 0 Å². The van der Waals surface area contributed by atoms with Crippen LogP contribution in [0.25, 0.3) is 0 Å². The minimum atomic E-state index is -0.783. The van der Waals surface area contributed by atoms with Gasteiger partial charge in [-0.25, -0.2) is 0 Å². The van der Waals surface area contributed by atoms with Gasteiger partial charge in [-0.1, -0.05) is 17.7 Å². The molecule has 1 aliphatic heterocycles. The number of nitrogens with zero attached hydrogens (tertiary/aromatic N) is 3. The van der Waals surface area contributed by atoms with Gasteiger partial charge in [-0.3, -0.25) is 9.69 Å². The van der Waals surface area contributed by atoms with Crippen LogP contribution in [-0.4, -0.2) is 73.7 Å². The second-order valence-electron chi connectivity index (χ2n) is 5.80. The average Bonchev–Trinajstić information content (AvgIpc) is 2.46. The maximum absolute atomic E-state index is 11.1. The van der Waals surface area contributed by atoms with Crippen LogP contribution in [0.2, 0.25) is 0 Å². The third kappa shape index (κ3) is 5.02. The van der Waals surface area contributed by atoms with E-state index in [0.29, 0.717) is 0 Å². The summed E-state index contributed by atoms with van der Waals surface area (Å²) < 4.78 is 0. The molecular weight excluding hydrogens is 266 g/mol. The minimum Gasteiger partial charge on any atom is -0.480 e. The van der Waals surface area contributed by atoms with E-state index in [-0.39, 0.29) is 6.54 Å². The highest BCUT2D eigenvalue weighted by molar-refractivity contribution is 5.73. The molecular formula is C16H25N3O2. The zero-order valence-electron chi connectivity index (χ0n) is 13.0. The second kappa shape index (κ2) is 7.43. The molecule has 1 aromatic carbocycles. The highest BCUT2D eigenvalue weighted by Gasteiger charge is 2.16. The van der Waals surface area contributed by atoms with Gasteiger partial charge in [0.25, 0.3) is 0 Å². The molecule has 1 fully saturated rings. The number of hydrogen-bond donors (Lipinski definition) is 1. The molecule has 1 N–H and O–H groups in total. The number of hydrogen-bond acceptors (Lipinski definition) is 4. The Balaban J connectivity index is 1.93. The summed E-state index contributed by atoms with van der Waals surface area (Å²) in [5, 5.41) is 9.11. The highest BCUT2D eigenvalue weighted by Crippen LogP contribution is 2.15. The number of carboxylic acid groups (broad SMARTS) is 1. The number of aliphatic carboxylic acids is 1. The predicted molar refractivity (Wildman–Crippen MR) is 85.0 cm³/mol. The fourth-order valence-electron chi connectivity index (χ4n) is 2.55. The van der Waals surface area contributed by atoms with Crippen LogP contribution in [0.5, 0.6) is 0 Å². The zero-order chi connectivity index (χ0) is 15.2. The van der Waals surface area contributed by atoms with Crippen LogP contribution in [0.4, 0.5) is 5.69 Å². The maximum atomic E-state index is 11.1. The molecule has 0 unspecified atom stereocenters. The molecule has 5 nitrogen and oxygen atoms in total. The van der Waals surface area contributed by atoms with Crippen LogP contribution in [0, 0.1) is 6.92 Å². The van der Waals surface area contributed by atoms with Gasteiger partial charge in [0, 0.05) is 45.0 Å². The molecule has 21 heavy (non-hydrogen) atoms. The van der Waals surface area contributed by atoms with Gasteiger partial charge in [0.1, 0.15) is 6.54 Å². The molecule has 1 saturated heterocycles. The molecule has 0 amide bonds. The van der Waals surface area contributed by atoms with Gasteiger partial charge in [0.2, 0.25) is 0 Å². The number of carbonyl (C=O) groups is 1. The molecule has 0 radical (unpaired) electrons. The fraction of sp³-hybridized carbons (Fsp3) is 0.562. The van der Waals surface area contributed by atoms with Crippen molar-refractivity contribution in [3.05, 3.63) is 29.8 Å². The van der Waals surface area contributed by atoms with E-state index >= 15 is 0 Å². The van der Waals surface area contributed by atoms with E-state index in [9.17, 15) is 4.79 Å². The van der Waals surface area contributed by atoms with Crippen molar-refractivity contribution in [2.24, 2.45) is 0 Å². The van der Waals surface area contributed by atoms with Crippen molar-refractivity contribution < 1.29 is 9.90 Å². The SMILES string of the molecule is Cc1ccc(N(CCN2CCN(C)CC2)CC(=O)O)cc1. The predicted octanol–water partition coefficient (Wildman–Crippen LogP) is 1.13. The van der Waals surface area contributed by atoms with Gasteiger partial charge in [-0.2, -0.15) is 0 Å². The normalized spacial score (nSPS) is 16.9. The molecule has 0 spiro atoms. The van der Waals surface area contributed by atoms with Gasteiger partial charge in [0.15, 0.2) is 0 Å². The molecule has 0 aromatic heterocycles. The zero-order valence-corrected chi connectivity index (χ0v) is 13.0. The quantitative estimate of drug-likeness (QED) is 0.851. The Kier molecular flexibility index (Phi) is 5.59. The van der Waals surface area contributed by atoms with Gasteiger partial charge in [-0.15, -0.1) is 0 Å². The average molecular weight is 291 g/mol. The minimum absolute atomic E-state index is 0.0524. The topological polar surface area (TPSA) is 47.0 Å². The molecule has 0 aliphatic carbocycles. The number of carboxylic acids is 1. The number of aryl methyl sites for hydroxylation is 1. The highest BCUT2D eigenvalue weighted by atomic mass is 16.4. The van der Waals surface area contributed by atoms with Crippen LogP contribution in [-0.2, 0) is 4.79 Å². The van der Waals surface area contributed by atoms with E-state index in [1.165, 1.54) is 5.56 Å². The lowest BCUT2D eigenvalue weighted by Gasteiger charge is -2.34. The first-order valence-electron chi connectivity index (χ1n) is 7.49. The first-order chi connectivity index (χ1) is 10.0. The van der Waals surface area contributed by atoms with Gasteiger partial charge >= 0.3 is 5.97 Å². The third-order valence-electron chi connectivity index (χ3n) is 4.01. The van der Waals surface area contributed by atoms with Crippen LogP contribution < -0.4 is 4.90 Å². The Morgan fingerprint density at radius 2 is 1.81 bits per heavy atom. The van der Waals surface area contributed by atoms with Crippen LogP contribution in [0.15, 0.2) is 24.3 Å². The summed E-state index contributed by atoms with van der Waals surface area (Å²) in [7, 11) is 2.14. The van der Waals surface area contributed by atoms with Crippen LogP contribution in [0.3, 0.4) is 0 Å². The fourth-order valence-corrected chi connectivity index (χ4v) is 2.55. The standard InChI is InChI=1S/C16H25N3O2/c1-14-3-5-15(6-4-14)19(13-16(20)21)12-11-18-9-7-17(2)8-10-18/h3-6H,7-13H2,1-2H3,(H,20,21). The van der Waals surface area contributed by atoms with E-state index in [1.807, 2.05) is 36.1 Å². The summed E-state index contributed by atoms with van der Waals surface area (Å²) in [5.41, 5.74) is 2.17. The lowest BCUT2D eigenvalue weighted by Crippen LogP contribution is -2.47. The number of rotatable bonds is 6. The molecule has 0 atom stereocenters. The lowest BCUT2D eigenvalue weighted by molar-refractivity contribution is -0.135. The van der Waals surface area contributed by atoms with Crippen molar-refractivity contribution in [2.45, 2.75) is 6.92 Å². The Hall–Kier alpha value is -1.59. The first-order valence-corrected chi connectivity index (χ1v) is 7.49. The Bertz CT molecular complexity index is 453. The van der Waals surface area contributed by atoms with Gasteiger partial charge in [0.05, 0.1) is 0 Å². The van der Waals surface area contributed by atoms with Gasteiger partial charge < -0.3 is 14.9 Å². The van der Waals surface area contributed by atoms with Crippen molar-refractivity contribution in [2.75, 3.05) is 57.8 Å². The smallest absolute Gasteiger partial charge is 0.323 e. The Morgan fingerprint density at radius 3 is 2.38 bits per heavy atom. The van der Waals surface area contributed by atoms with E-state index in [2.05, 4.69) is 16.8 Å². The largest absolute Gasteiger partial charge is 0.480 e. The summed E-state index contributed by atoms with van der Waals surface area (Å²) in [6, 6.07) is 8.06. The van der Waals surface area contributed by atoms with Crippen molar-refractivity contribution in [3.63, 3.8) is 0 Å². The van der Waals surface area contributed by atoms with E-state index in [0.717, 1.165) is 45.0 Å². The first kappa shape index (κ1) is 15.8. The number of anilines is 1. The third-order valence-corrected chi connectivity index (χ3v) is 4.01. The Morgan fingerprint density at radius 1 is 1.19 bits per heavy atom. The maximum Gasteiger partial charge on any atom is 0.323 e. The molecule has 116 valence electrons. The summed E-state index contributed by atoms with van der Waals surface area (Å²) >= 11 is 0. The van der Waals surface area contributed by atoms with Crippen molar-refractivity contribution in [1.29, 1.82) is 0 Å². The molecule has 0 bridgehead atoms. The summed E-state index contributed by atoms with van der Waals surface area (Å²) in [4.78, 5) is 17.8. The summed E-state index contributed by atoms with van der Waals surface area (Å²) in [6.45, 7) is 8.05. The lowest BCUT2D eigenvalue weighted by atomic mass is 10.2. The van der Waals surface area contributed by atoms with Crippen LogP contribution >= 0.6 is 0 Å². The van der Waals surface area contributed by atoms with Crippen LogP contribution in [0.1, 0.15) is 5.56 Å². The second-order valence-corrected chi connectivity index (χ2v) is 5.80. The van der Waals surface area contributed by atoms with E-state index in [1.54, 1.807) is 0 Å².